The smallest absolute Gasteiger partial charge is 0.0613 e. The Hall–Kier alpha value is -0.570. The van der Waals surface area contributed by atoms with E-state index in [1.54, 1.807) is 7.11 Å². The largest absolute Gasteiger partial charge is 0.383 e. The van der Waals surface area contributed by atoms with Crippen LogP contribution in [0.15, 0.2) is 24.3 Å². The molecule has 3 heteroatoms. The molecule has 1 aliphatic carbocycles. The zero-order chi connectivity index (χ0) is 11.5. The molecule has 1 N–H and O–H groups in total. The summed E-state index contributed by atoms with van der Waals surface area (Å²) in [5.74, 6) is 0. The van der Waals surface area contributed by atoms with Crippen molar-refractivity contribution in [3.63, 3.8) is 0 Å². The highest BCUT2D eigenvalue weighted by atomic mass is 35.5. The van der Waals surface area contributed by atoms with E-state index in [4.69, 9.17) is 16.3 Å². The Morgan fingerprint density at radius 3 is 3.00 bits per heavy atom. The van der Waals surface area contributed by atoms with Crippen molar-refractivity contribution in [2.45, 2.75) is 30.8 Å². The zero-order valence-electron chi connectivity index (χ0n) is 9.74. The van der Waals surface area contributed by atoms with Crippen LogP contribution >= 0.6 is 11.6 Å². The lowest BCUT2D eigenvalue weighted by Gasteiger charge is -2.22. The summed E-state index contributed by atoms with van der Waals surface area (Å²) in [5.41, 5.74) is 2.70. The molecule has 1 aromatic carbocycles. The van der Waals surface area contributed by atoms with Crippen molar-refractivity contribution in [1.82, 2.24) is 5.32 Å². The Bertz CT molecular complexity index is 356. The number of rotatable bonds is 4. The van der Waals surface area contributed by atoms with Crippen LogP contribution in [0.5, 0.6) is 0 Å². The van der Waals surface area contributed by atoms with Gasteiger partial charge < -0.3 is 10.1 Å². The molecule has 3 unspecified atom stereocenters. The standard InChI is InChI=1S/C13H18ClNO/c1-9(8-16-2)15-13-11-6-4-3-5-10(11)7-12(13)14/h3-6,9,12-13,15H,7-8H2,1-2H3. The summed E-state index contributed by atoms with van der Waals surface area (Å²) in [6.07, 6.45) is 0.953. The number of halogens is 1. The fourth-order valence-electron chi connectivity index (χ4n) is 2.35. The molecule has 0 bridgehead atoms. The lowest BCUT2D eigenvalue weighted by Crippen LogP contribution is -2.36. The van der Waals surface area contributed by atoms with Gasteiger partial charge >= 0.3 is 0 Å². The fourth-order valence-corrected chi connectivity index (χ4v) is 2.72. The Morgan fingerprint density at radius 1 is 1.50 bits per heavy atom. The van der Waals surface area contributed by atoms with Gasteiger partial charge in [-0.3, -0.25) is 0 Å². The molecule has 0 amide bonds. The summed E-state index contributed by atoms with van der Waals surface area (Å²) in [6, 6.07) is 9.04. The first-order valence-electron chi connectivity index (χ1n) is 5.69. The maximum atomic E-state index is 6.38. The Labute approximate surface area is 102 Å². The van der Waals surface area contributed by atoms with E-state index < -0.39 is 0 Å². The van der Waals surface area contributed by atoms with E-state index >= 15 is 0 Å². The quantitative estimate of drug-likeness (QED) is 0.816. The van der Waals surface area contributed by atoms with Gasteiger partial charge in [-0.2, -0.15) is 0 Å². The van der Waals surface area contributed by atoms with Crippen molar-refractivity contribution >= 4 is 11.6 Å². The Morgan fingerprint density at radius 2 is 2.25 bits per heavy atom. The highest BCUT2D eigenvalue weighted by Gasteiger charge is 2.31. The molecule has 1 aliphatic rings. The van der Waals surface area contributed by atoms with Gasteiger partial charge in [-0.15, -0.1) is 11.6 Å². The third-order valence-electron chi connectivity index (χ3n) is 3.05. The number of nitrogens with one attached hydrogen (secondary N) is 1. The van der Waals surface area contributed by atoms with Gasteiger partial charge in [0.15, 0.2) is 0 Å². The molecule has 88 valence electrons. The SMILES string of the molecule is COCC(C)NC1c2ccccc2CC1Cl. The third kappa shape index (κ3) is 2.40. The average Bonchev–Trinajstić information content (AvgIpc) is 2.56. The van der Waals surface area contributed by atoms with Crippen LogP contribution < -0.4 is 5.32 Å². The average molecular weight is 240 g/mol. The highest BCUT2D eigenvalue weighted by molar-refractivity contribution is 6.21. The Balaban J connectivity index is 2.10. The van der Waals surface area contributed by atoms with Crippen molar-refractivity contribution in [2.75, 3.05) is 13.7 Å². The molecule has 0 saturated heterocycles. The number of hydrogen-bond acceptors (Lipinski definition) is 2. The molecular formula is C13H18ClNO. The summed E-state index contributed by atoms with van der Waals surface area (Å²) in [4.78, 5) is 0. The second kappa shape index (κ2) is 5.17. The number of ether oxygens (including phenoxy) is 1. The van der Waals surface area contributed by atoms with Crippen LogP contribution in [0.2, 0.25) is 0 Å². The minimum Gasteiger partial charge on any atom is -0.383 e. The molecule has 1 aromatic rings. The molecule has 0 fully saturated rings. The molecule has 16 heavy (non-hydrogen) atoms. The van der Waals surface area contributed by atoms with Crippen molar-refractivity contribution in [3.05, 3.63) is 35.4 Å². The fraction of sp³-hybridized carbons (Fsp3) is 0.538. The van der Waals surface area contributed by atoms with E-state index in [-0.39, 0.29) is 11.4 Å². The third-order valence-corrected chi connectivity index (χ3v) is 3.45. The van der Waals surface area contributed by atoms with E-state index in [1.807, 2.05) is 0 Å². The summed E-state index contributed by atoms with van der Waals surface area (Å²) in [5, 5.41) is 3.68. The number of methoxy groups -OCH3 is 1. The summed E-state index contributed by atoms with van der Waals surface area (Å²) in [6.45, 7) is 2.83. The first kappa shape index (κ1) is 11.9. The predicted molar refractivity (Wildman–Crippen MR) is 67.0 cm³/mol. The predicted octanol–water partition coefficient (Wildman–Crippen LogP) is 2.52. The number of benzene rings is 1. The molecule has 2 rings (SSSR count). The molecule has 0 heterocycles. The maximum Gasteiger partial charge on any atom is 0.0613 e. The van der Waals surface area contributed by atoms with Crippen LogP contribution in [0.25, 0.3) is 0 Å². The lowest BCUT2D eigenvalue weighted by atomic mass is 10.1. The molecule has 0 aliphatic heterocycles. The topological polar surface area (TPSA) is 21.3 Å². The van der Waals surface area contributed by atoms with Gasteiger partial charge in [-0.05, 0) is 24.5 Å². The van der Waals surface area contributed by atoms with Crippen LogP contribution in [0.3, 0.4) is 0 Å². The molecule has 2 nitrogen and oxygen atoms in total. The monoisotopic (exact) mass is 239 g/mol. The first-order chi connectivity index (χ1) is 7.72. The van der Waals surface area contributed by atoms with Crippen LogP contribution in [-0.2, 0) is 11.2 Å². The van der Waals surface area contributed by atoms with Crippen molar-refractivity contribution in [2.24, 2.45) is 0 Å². The normalized spacial score (nSPS) is 25.4. The molecule has 0 radical (unpaired) electrons. The van der Waals surface area contributed by atoms with E-state index in [0.29, 0.717) is 12.6 Å². The van der Waals surface area contributed by atoms with E-state index in [0.717, 1.165) is 6.42 Å². The van der Waals surface area contributed by atoms with Crippen LogP contribution in [0.1, 0.15) is 24.1 Å². The summed E-state index contributed by atoms with van der Waals surface area (Å²) < 4.78 is 5.13. The Kier molecular flexibility index (Phi) is 3.85. The van der Waals surface area contributed by atoms with Gasteiger partial charge in [0, 0.05) is 19.2 Å². The van der Waals surface area contributed by atoms with Crippen molar-refractivity contribution < 1.29 is 4.74 Å². The second-order valence-electron chi connectivity index (χ2n) is 4.42. The first-order valence-corrected chi connectivity index (χ1v) is 6.13. The molecule has 3 atom stereocenters. The van der Waals surface area contributed by atoms with E-state index in [1.165, 1.54) is 11.1 Å². The highest BCUT2D eigenvalue weighted by Crippen LogP contribution is 2.34. The van der Waals surface area contributed by atoms with Gasteiger partial charge in [0.05, 0.1) is 12.0 Å². The van der Waals surface area contributed by atoms with Gasteiger partial charge in [0.25, 0.3) is 0 Å². The zero-order valence-corrected chi connectivity index (χ0v) is 10.5. The lowest BCUT2D eigenvalue weighted by molar-refractivity contribution is 0.167. The van der Waals surface area contributed by atoms with Crippen molar-refractivity contribution in [3.8, 4) is 0 Å². The van der Waals surface area contributed by atoms with E-state index in [9.17, 15) is 0 Å². The molecule has 0 saturated carbocycles. The number of hydrogen-bond donors (Lipinski definition) is 1. The number of fused-ring (bicyclic) bond motifs is 1. The second-order valence-corrected chi connectivity index (χ2v) is 4.98. The van der Waals surface area contributed by atoms with Gasteiger partial charge in [-0.25, -0.2) is 0 Å². The van der Waals surface area contributed by atoms with Gasteiger partial charge in [0.2, 0.25) is 0 Å². The number of alkyl halides is 1. The van der Waals surface area contributed by atoms with Crippen LogP contribution in [0.4, 0.5) is 0 Å². The molecule has 0 aromatic heterocycles. The summed E-state index contributed by atoms with van der Waals surface area (Å²) >= 11 is 6.38. The summed E-state index contributed by atoms with van der Waals surface area (Å²) in [7, 11) is 1.72. The molecular weight excluding hydrogens is 222 g/mol. The minimum atomic E-state index is 0.150. The minimum absolute atomic E-state index is 0.150. The van der Waals surface area contributed by atoms with Crippen molar-refractivity contribution in [1.29, 1.82) is 0 Å². The van der Waals surface area contributed by atoms with E-state index in [2.05, 4.69) is 36.5 Å². The van der Waals surface area contributed by atoms with Crippen LogP contribution in [0, 0.1) is 0 Å². The maximum absolute atomic E-state index is 6.38. The molecule has 0 spiro atoms. The van der Waals surface area contributed by atoms with Gasteiger partial charge in [0.1, 0.15) is 0 Å². The van der Waals surface area contributed by atoms with Crippen LogP contribution in [-0.4, -0.2) is 25.1 Å². The van der Waals surface area contributed by atoms with Gasteiger partial charge in [-0.1, -0.05) is 24.3 Å².